The van der Waals surface area contributed by atoms with Crippen LogP contribution in [-0.2, 0) is 26.4 Å². The number of aromatic nitrogens is 2. The molecule has 4 heteroatoms. The van der Waals surface area contributed by atoms with Crippen LogP contribution < -0.4 is 5.73 Å². The first kappa shape index (κ1) is 12.3. The summed E-state index contributed by atoms with van der Waals surface area (Å²) >= 11 is 3.56. The summed E-state index contributed by atoms with van der Waals surface area (Å²) in [5, 5.41) is 0. The average Bonchev–Trinajstić information content (AvgIpc) is 2.69. The quantitative estimate of drug-likeness (QED) is 0.941. The van der Waals surface area contributed by atoms with Crippen molar-refractivity contribution in [3.8, 4) is 0 Å². The Balaban J connectivity index is 2.07. The molecule has 0 atom stereocenters. The Morgan fingerprint density at radius 2 is 2.06 bits per heavy atom. The smallest absolute Gasteiger partial charge is 0.122 e. The molecule has 0 fully saturated rings. The molecule has 1 heterocycles. The standard InChI is InChI=1S/C13H16BrN3/c1-17-11(9-16-13(17)8-15)7-6-10-4-2-3-5-12(10)14/h2-5,9H,6-8,15H2,1H3. The van der Waals surface area contributed by atoms with Gasteiger partial charge in [-0.25, -0.2) is 4.98 Å². The molecule has 0 spiro atoms. The maximum absolute atomic E-state index is 5.60. The lowest BCUT2D eigenvalue weighted by Crippen LogP contribution is -2.07. The first-order valence-electron chi connectivity index (χ1n) is 5.65. The molecule has 2 N–H and O–H groups in total. The van der Waals surface area contributed by atoms with Crippen LogP contribution in [0.3, 0.4) is 0 Å². The van der Waals surface area contributed by atoms with Gasteiger partial charge in [-0.15, -0.1) is 0 Å². The van der Waals surface area contributed by atoms with Crippen molar-refractivity contribution in [2.24, 2.45) is 12.8 Å². The van der Waals surface area contributed by atoms with E-state index in [1.807, 2.05) is 19.3 Å². The van der Waals surface area contributed by atoms with Crippen molar-refractivity contribution in [2.75, 3.05) is 0 Å². The molecule has 90 valence electrons. The summed E-state index contributed by atoms with van der Waals surface area (Å²) in [7, 11) is 2.02. The van der Waals surface area contributed by atoms with Crippen LogP contribution in [0.15, 0.2) is 34.9 Å². The minimum atomic E-state index is 0.492. The third-order valence-electron chi connectivity index (χ3n) is 2.97. The average molecular weight is 294 g/mol. The van der Waals surface area contributed by atoms with E-state index < -0.39 is 0 Å². The zero-order valence-corrected chi connectivity index (χ0v) is 11.4. The summed E-state index contributed by atoms with van der Waals surface area (Å²) in [4.78, 5) is 4.30. The molecule has 0 amide bonds. The van der Waals surface area contributed by atoms with Crippen LogP contribution in [0.1, 0.15) is 17.1 Å². The third kappa shape index (κ3) is 2.76. The van der Waals surface area contributed by atoms with E-state index in [9.17, 15) is 0 Å². The van der Waals surface area contributed by atoms with E-state index >= 15 is 0 Å². The lowest BCUT2D eigenvalue weighted by Gasteiger charge is -2.06. The number of imidazole rings is 1. The van der Waals surface area contributed by atoms with E-state index in [-0.39, 0.29) is 0 Å². The van der Waals surface area contributed by atoms with Gasteiger partial charge < -0.3 is 10.3 Å². The molecule has 0 aliphatic carbocycles. The zero-order chi connectivity index (χ0) is 12.3. The molecule has 0 saturated carbocycles. The van der Waals surface area contributed by atoms with Gasteiger partial charge in [0.25, 0.3) is 0 Å². The zero-order valence-electron chi connectivity index (χ0n) is 9.86. The van der Waals surface area contributed by atoms with Gasteiger partial charge in [-0.2, -0.15) is 0 Å². The number of benzene rings is 1. The van der Waals surface area contributed by atoms with Crippen LogP contribution >= 0.6 is 15.9 Å². The monoisotopic (exact) mass is 293 g/mol. The van der Waals surface area contributed by atoms with Gasteiger partial charge >= 0.3 is 0 Å². The minimum absolute atomic E-state index is 0.492. The number of hydrogen-bond donors (Lipinski definition) is 1. The van der Waals surface area contributed by atoms with Crippen molar-refractivity contribution in [2.45, 2.75) is 19.4 Å². The Hall–Kier alpha value is -1.13. The highest BCUT2D eigenvalue weighted by atomic mass is 79.9. The second kappa shape index (κ2) is 5.47. The normalized spacial score (nSPS) is 10.8. The highest BCUT2D eigenvalue weighted by molar-refractivity contribution is 9.10. The fourth-order valence-corrected chi connectivity index (χ4v) is 2.36. The van der Waals surface area contributed by atoms with Gasteiger partial charge in [0.1, 0.15) is 5.82 Å². The summed E-state index contributed by atoms with van der Waals surface area (Å²) in [6.45, 7) is 0.492. The molecule has 1 aromatic heterocycles. The van der Waals surface area contributed by atoms with Gasteiger partial charge in [-0.1, -0.05) is 34.1 Å². The van der Waals surface area contributed by atoms with Crippen LogP contribution in [0.5, 0.6) is 0 Å². The lowest BCUT2D eigenvalue weighted by molar-refractivity contribution is 0.739. The van der Waals surface area contributed by atoms with Gasteiger partial charge in [0, 0.05) is 23.4 Å². The van der Waals surface area contributed by atoms with E-state index in [1.54, 1.807) is 0 Å². The van der Waals surface area contributed by atoms with Crippen molar-refractivity contribution in [1.82, 2.24) is 9.55 Å². The molecule has 0 bridgehead atoms. The van der Waals surface area contributed by atoms with Crippen molar-refractivity contribution in [3.63, 3.8) is 0 Å². The first-order valence-corrected chi connectivity index (χ1v) is 6.44. The Morgan fingerprint density at radius 1 is 1.29 bits per heavy atom. The van der Waals surface area contributed by atoms with Gasteiger partial charge in [-0.3, -0.25) is 0 Å². The molecular formula is C13H16BrN3. The van der Waals surface area contributed by atoms with Crippen LogP contribution in [-0.4, -0.2) is 9.55 Å². The van der Waals surface area contributed by atoms with E-state index in [4.69, 9.17) is 5.73 Å². The molecule has 0 unspecified atom stereocenters. The van der Waals surface area contributed by atoms with Crippen LogP contribution in [0.2, 0.25) is 0 Å². The maximum Gasteiger partial charge on any atom is 0.122 e. The van der Waals surface area contributed by atoms with E-state index in [2.05, 4.69) is 43.7 Å². The van der Waals surface area contributed by atoms with Crippen molar-refractivity contribution in [3.05, 3.63) is 52.0 Å². The molecular weight excluding hydrogens is 278 g/mol. The second-order valence-corrected chi connectivity index (χ2v) is 4.87. The van der Waals surface area contributed by atoms with Crippen molar-refractivity contribution >= 4 is 15.9 Å². The Morgan fingerprint density at radius 3 is 2.71 bits per heavy atom. The van der Waals surface area contributed by atoms with E-state index in [0.29, 0.717) is 6.54 Å². The summed E-state index contributed by atoms with van der Waals surface area (Å²) < 4.78 is 3.25. The number of nitrogens with two attached hydrogens (primary N) is 1. The third-order valence-corrected chi connectivity index (χ3v) is 3.75. The number of aryl methyl sites for hydroxylation is 2. The van der Waals surface area contributed by atoms with Crippen LogP contribution in [0, 0.1) is 0 Å². The molecule has 2 aromatic rings. The number of nitrogens with zero attached hydrogens (tertiary/aromatic N) is 2. The minimum Gasteiger partial charge on any atom is -0.334 e. The molecule has 2 rings (SSSR count). The maximum atomic E-state index is 5.60. The van der Waals surface area contributed by atoms with Gasteiger partial charge in [0.15, 0.2) is 0 Å². The highest BCUT2D eigenvalue weighted by Gasteiger charge is 2.06. The summed E-state index contributed by atoms with van der Waals surface area (Å²) in [5.41, 5.74) is 8.15. The second-order valence-electron chi connectivity index (χ2n) is 4.02. The molecule has 3 nitrogen and oxygen atoms in total. The van der Waals surface area contributed by atoms with Crippen LogP contribution in [0.4, 0.5) is 0 Å². The summed E-state index contributed by atoms with van der Waals surface area (Å²) in [5.74, 6) is 0.937. The molecule has 0 saturated heterocycles. The van der Waals surface area contributed by atoms with Crippen LogP contribution in [0.25, 0.3) is 0 Å². The Kier molecular flexibility index (Phi) is 3.97. The Labute approximate surface area is 110 Å². The molecule has 1 aromatic carbocycles. The lowest BCUT2D eigenvalue weighted by atomic mass is 10.1. The van der Waals surface area contributed by atoms with Crippen molar-refractivity contribution in [1.29, 1.82) is 0 Å². The van der Waals surface area contributed by atoms with Gasteiger partial charge in [-0.05, 0) is 24.5 Å². The molecule has 17 heavy (non-hydrogen) atoms. The number of hydrogen-bond acceptors (Lipinski definition) is 2. The Bertz CT molecular complexity index is 505. The summed E-state index contributed by atoms with van der Waals surface area (Å²) in [6.07, 6.45) is 3.90. The van der Waals surface area contributed by atoms with Gasteiger partial charge in [0.05, 0.1) is 6.54 Å². The fourth-order valence-electron chi connectivity index (χ4n) is 1.87. The van der Waals surface area contributed by atoms with Gasteiger partial charge in [0.2, 0.25) is 0 Å². The largest absolute Gasteiger partial charge is 0.334 e. The molecule has 0 aliphatic heterocycles. The molecule has 0 radical (unpaired) electrons. The summed E-state index contributed by atoms with van der Waals surface area (Å²) in [6, 6.07) is 8.31. The fraction of sp³-hybridized carbons (Fsp3) is 0.308. The van der Waals surface area contributed by atoms with E-state index in [0.717, 1.165) is 18.7 Å². The predicted molar refractivity (Wildman–Crippen MR) is 72.6 cm³/mol. The first-order chi connectivity index (χ1) is 8.22. The molecule has 0 aliphatic rings. The number of halogens is 1. The SMILES string of the molecule is Cn1c(CCc2ccccc2Br)cnc1CN. The van der Waals surface area contributed by atoms with Crippen molar-refractivity contribution < 1.29 is 0 Å². The topological polar surface area (TPSA) is 43.8 Å². The highest BCUT2D eigenvalue weighted by Crippen LogP contribution is 2.18. The van der Waals surface area contributed by atoms with E-state index in [1.165, 1.54) is 15.7 Å². The number of rotatable bonds is 4. The predicted octanol–water partition coefficient (Wildman–Crippen LogP) is 2.43.